The molecule has 74 valence electrons. The number of hydrogen-bond acceptors (Lipinski definition) is 2. The maximum absolute atomic E-state index is 10.3. The van der Waals surface area contributed by atoms with Gasteiger partial charge in [-0.25, -0.2) is 0 Å². The lowest BCUT2D eigenvalue weighted by Gasteiger charge is -2.02. The van der Waals surface area contributed by atoms with Gasteiger partial charge in [0.2, 0.25) is 0 Å². The largest absolute Gasteiger partial charge is 0.150 e. The number of halogens is 1. The first-order valence-electron chi connectivity index (χ1n) is 4.39. The van der Waals surface area contributed by atoms with Crippen molar-refractivity contribution >= 4 is 17.7 Å². The second-order valence-electron chi connectivity index (χ2n) is 3.22. The van der Waals surface area contributed by atoms with Crippen LogP contribution in [0.2, 0.25) is 5.02 Å². The van der Waals surface area contributed by atoms with E-state index in [4.69, 9.17) is 11.6 Å². The Kier molecular flexibility index (Phi) is 3.84. The summed E-state index contributed by atoms with van der Waals surface area (Å²) in [6.45, 7) is 3.66. The summed E-state index contributed by atoms with van der Waals surface area (Å²) in [5.41, 5.74) is 1.98. The van der Waals surface area contributed by atoms with Crippen LogP contribution in [-0.2, 0) is 0 Å². The Hall–Kier alpha value is -1.15. The van der Waals surface area contributed by atoms with E-state index in [-0.39, 0.29) is 6.04 Å². The van der Waals surface area contributed by atoms with Crippen LogP contribution in [0.15, 0.2) is 35.0 Å². The minimum Gasteiger partial charge on any atom is -0.150 e. The average Bonchev–Trinajstić information content (AvgIpc) is 2.20. The smallest absolute Gasteiger partial charge is 0.110 e. The lowest BCUT2D eigenvalue weighted by molar-refractivity contribution is 0.860. The van der Waals surface area contributed by atoms with Gasteiger partial charge in [-0.3, -0.25) is 0 Å². The highest BCUT2D eigenvalue weighted by Crippen LogP contribution is 2.14. The van der Waals surface area contributed by atoms with Crippen LogP contribution < -0.4 is 0 Å². The van der Waals surface area contributed by atoms with Crippen LogP contribution in [0.4, 0.5) is 0 Å². The van der Waals surface area contributed by atoms with E-state index in [0.717, 1.165) is 11.1 Å². The van der Waals surface area contributed by atoms with E-state index in [1.54, 1.807) is 6.92 Å². The Balaban J connectivity index is 2.86. The van der Waals surface area contributed by atoms with E-state index in [0.29, 0.717) is 5.02 Å². The lowest BCUT2D eigenvalue weighted by atomic mass is 10.1. The monoisotopic (exact) mass is 209 g/mol. The third kappa shape index (κ3) is 2.96. The van der Waals surface area contributed by atoms with Crippen molar-refractivity contribution in [1.82, 2.24) is 0 Å². The quantitative estimate of drug-likeness (QED) is 0.695. The van der Waals surface area contributed by atoms with Gasteiger partial charge in [0.15, 0.2) is 0 Å². The molecule has 0 amide bonds. The number of rotatable bonds is 3. The van der Waals surface area contributed by atoms with E-state index in [2.05, 4.69) is 5.18 Å². The van der Waals surface area contributed by atoms with Crippen LogP contribution in [0.5, 0.6) is 0 Å². The Labute approximate surface area is 88.6 Å². The molecule has 0 saturated heterocycles. The van der Waals surface area contributed by atoms with Crippen molar-refractivity contribution in [1.29, 1.82) is 0 Å². The molecule has 1 aromatic carbocycles. The summed E-state index contributed by atoms with van der Waals surface area (Å²) in [5, 5.41) is 3.67. The first kappa shape index (κ1) is 10.9. The van der Waals surface area contributed by atoms with Crippen molar-refractivity contribution < 1.29 is 0 Å². The van der Waals surface area contributed by atoms with E-state index < -0.39 is 0 Å². The fourth-order valence-corrected chi connectivity index (χ4v) is 1.15. The van der Waals surface area contributed by atoms with E-state index in [9.17, 15) is 4.91 Å². The molecule has 0 radical (unpaired) electrons. The molecule has 0 saturated carbocycles. The van der Waals surface area contributed by atoms with Crippen LogP contribution in [-0.4, -0.2) is 6.04 Å². The molecule has 1 aromatic rings. The fourth-order valence-electron chi connectivity index (χ4n) is 1.03. The standard InChI is InChI=1S/C11H12ClNO/c1-8(9(2)13-14)7-10-3-5-11(12)6-4-10/h3-7,9H,1-2H3. The van der Waals surface area contributed by atoms with Gasteiger partial charge in [-0.1, -0.05) is 35.0 Å². The van der Waals surface area contributed by atoms with Gasteiger partial charge in [-0.2, -0.15) is 4.91 Å². The van der Waals surface area contributed by atoms with Crippen molar-refractivity contribution in [2.45, 2.75) is 19.9 Å². The highest BCUT2D eigenvalue weighted by atomic mass is 35.5. The highest BCUT2D eigenvalue weighted by Gasteiger charge is 2.02. The molecule has 0 bridgehead atoms. The van der Waals surface area contributed by atoms with Crippen LogP contribution >= 0.6 is 11.6 Å². The van der Waals surface area contributed by atoms with Gasteiger partial charge in [-0.15, -0.1) is 0 Å². The molecule has 0 aliphatic rings. The number of nitroso groups, excluding NO2 is 1. The summed E-state index contributed by atoms with van der Waals surface area (Å²) < 4.78 is 0. The number of benzene rings is 1. The second-order valence-corrected chi connectivity index (χ2v) is 3.66. The predicted molar refractivity (Wildman–Crippen MR) is 60.4 cm³/mol. The van der Waals surface area contributed by atoms with Crippen LogP contribution in [0.3, 0.4) is 0 Å². The maximum atomic E-state index is 10.3. The molecule has 0 fully saturated rings. The van der Waals surface area contributed by atoms with Gasteiger partial charge < -0.3 is 0 Å². The summed E-state index contributed by atoms with van der Waals surface area (Å²) in [6, 6.07) is 7.18. The Morgan fingerprint density at radius 1 is 1.43 bits per heavy atom. The second kappa shape index (κ2) is 4.91. The van der Waals surface area contributed by atoms with Gasteiger partial charge in [0, 0.05) is 5.02 Å². The highest BCUT2D eigenvalue weighted by molar-refractivity contribution is 6.30. The average molecular weight is 210 g/mol. The molecule has 0 aliphatic heterocycles. The first-order valence-corrected chi connectivity index (χ1v) is 4.77. The summed E-state index contributed by atoms with van der Waals surface area (Å²) in [6.07, 6.45) is 1.93. The molecule has 0 aromatic heterocycles. The van der Waals surface area contributed by atoms with Crippen molar-refractivity contribution in [3.8, 4) is 0 Å². The van der Waals surface area contributed by atoms with Crippen LogP contribution in [0, 0.1) is 4.91 Å². The maximum Gasteiger partial charge on any atom is 0.110 e. The zero-order valence-corrected chi connectivity index (χ0v) is 8.95. The third-order valence-electron chi connectivity index (χ3n) is 2.08. The molecule has 2 nitrogen and oxygen atoms in total. The van der Waals surface area contributed by atoms with E-state index >= 15 is 0 Å². The molecule has 1 rings (SSSR count). The van der Waals surface area contributed by atoms with Crippen molar-refractivity contribution in [3.63, 3.8) is 0 Å². The SMILES string of the molecule is CC(=Cc1ccc(Cl)cc1)C(C)N=O. The van der Waals surface area contributed by atoms with Gasteiger partial charge in [-0.05, 0) is 37.1 Å². The van der Waals surface area contributed by atoms with Crippen LogP contribution in [0.25, 0.3) is 6.08 Å². The number of nitrogens with zero attached hydrogens (tertiary/aromatic N) is 1. The predicted octanol–water partition coefficient (Wildman–Crippen LogP) is 3.90. The molecule has 3 heteroatoms. The normalized spacial score (nSPS) is 13.8. The molecule has 0 heterocycles. The molecule has 0 aliphatic carbocycles. The molecular formula is C11H12ClNO. The summed E-state index contributed by atoms with van der Waals surface area (Å²) in [4.78, 5) is 10.3. The molecule has 14 heavy (non-hydrogen) atoms. The molecule has 1 atom stereocenters. The van der Waals surface area contributed by atoms with Crippen molar-refractivity contribution in [2.75, 3.05) is 0 Å². The molecule has 0 N–H and O–H groups in total. The first-order chi connectivity index (χ1) is 6.63. The zero-order valence-electron chi connectivity index (χ0n) is 8.20. The summed E-state index contributed by atoms with van der Waals surface area (Å²) in [7, 11) is 0. The summed E-state index contributed by atoms with van der Waals surface area (Å²) >= 11 is 5.75. The molecule has 1 unspecified atom stereocenters. The third-order valence-corrected chi connectivity index (χ3v) is 2.33. The molecule has 0 spiro atoms. The van der Waals surface area contributed by atoms with Gasteiger partial charge >= 0.3 is 0 Å². The van der Waals surface area contributed by atoms with Gasteiger partial charge in [0.1, 0.15) is 6.04 Å². The van der Waals surface area contributed by atoms with Crippen molar-refractivity contribution in [3.05, 3.63) is 45.3 Å². The van der Waals surface area contributed by atoms with Crippen molar-refractivity contribution in [2.24, 2.45) is 5.18 Å². The number of hydrogen-bond donors (Lipinski definition) is 0. The van der Waals surface area contributed by atoms with E-state index in [1.807, 2.05) is 37.3 Å². The topological polar surface area (TPSA) is 29.4 Å². The van der Waals surface area contributed by atoms with E-state index in [1.165, 1.54) is 0 Å². The minimum absolute atomic E-state index is 0.273. The zero-order chi connectivity index (χ0) is 10.6. The minimum atomic E-state index is -0.273. The lowest BCUT2D eigenvalue weighted by Crippen LogP contribution is -1.97. The van der Waals surface area contributed by atoms with Gasteiger partial charge in [0.25, 0.3) is 0 Å². The fraction of sp³-hybridized carbons (Fsp3) is 0.273. The Bertz CT molecular complexity index is 343. The van der Waals surface area contributed by atoms with Crippen LogP contribution in [0.1, 0.15) is 19.4 Å². The molecular weight excluding hydrogens is 198 g/mol. The van der Waals surface area contributed by atoms with Gasteiger partial charge in [0.05, 0.1) is 0 Å². The Morgan fingerprint density at radius 2 is 2.00 bits per heavy atom. The summed E-state index contributed by atoms with van der Waals surface area (Å²) in [5.74, 6) is 0. The Morgan fingerprint density at radius 3 is 2.50 bits per heavy atom.